The van der Waals surface area contributed by atoms with Crippen LogP contribution in [0.2, 0.25) is 0 Å². The fourth-order valence-corrected chi connectivity index (χ4v) is 8.46. The van der Waals surface area contributed by atoms with Gasteiger partial charge in [0.1, 0.15) is 23.6 Å². The van der Waals surface area contributed by atoms with Crippen molar-refractivity contribution in [3.63, 3.8) is 0 Å². The van der Waals surface area contributed by atoms with E-state index in [1.54, 1.807) is 17.4 Å². The van der Waals surface area contributed by atoms with Crippen molar-refractivity contribution in [1.29, 1.82) is 0 Å². The fourth-order valence-electron chi connectivity index (χ4n) is 6.51. The molecule has 2 aromatic heterocycles. The molecular weight excluding hydrogens is 637 g/mol. The number of ether oxygens (including phenoxy) is 2. The lowest BCUT2D eigenvalue weighted by molar-refractivity contribution is -0.127. The average molecular weight is 675 g/mol. The number of benzene rings is 3. The van der Waals surface area contributed by atoms with Crippen molar-refractivity contribution in [2.75, 3.05) is 52.5 Å². The van der Waals surface area contributed by atoms with Crippen LogP contribution in [0.1, 0.15) is 39.7 Å². The molecule has 10 nitrogen and oxygen atoms in total. The summed E-state index contributed by atoms with van der Waals surface area (Å²) in [5.74, 6) is 0.909. The van der Waals surface area contributed by atoms with Crippen LogP contribution < -0.4 is 14.9 Å². The number of rotatable bonds is 10. The number of carbonyl (C=O) groups is 1. The highest BCUT2D eigenvalue weighted by molar-refractivity contribution is 7.20. The third-order valence-corrected chi connectivity index (χ3v) is 11.2. The number of aromatic hydroxyl groups is 1. The standard InChI is InChI=1S/C35H38N4O6S2/c40-27-10-9-26(32-31(27)37-34(43)47-32)28(41)21-36-20-23-5-7-25(8-6-23)44-17-15-38-13-11-35(12-14-38)22-39(16-18-45-35)33(42)30-19-24-3-1-2-4-29(24)46-30/h1-10,19,28,36,40-41H,11-18,20-22H2,(H,37,43). The number of H-pyrrole nitrogens is 1. The van der Waals surface area contributed by atoms with Crippen molar-refractivity contribution in [3.05, 3.63) is 92.4 Å². The topological polar surface area (TPSA) is 127 Å². The summed E-state index contributed by atoms with van der Waals surface area (Å²) in [4.78, 5) is 32.7. The minimum atomic E-state index is -0.824. The average Bonchev–Trinajstić information content (AvgIpc) is 3.70. The number of nitrogens with zero attached hydrogens (tertiary/aromatic N) is 2. The van der Waals surface area contributed by atoms with Crippen LogP contribution in [0.25, 0.3) is 20.3 Å². The third-order valence-electron chi connectivity index (χ3n) is 9.15. The molecule has 1 atom stereocenters. The van der Waals surface area contributed by atoms with E-state index in [0.717, 1.165) is 70.1 Å². The van der Waals surface area contributed by atoms with E-state index in [-0.39, 0.29) is 22.1 Å². The molecule has 1 amide bonds. The summed E-state index contributed by atoms with van der Waals surface area (Å²) in [5.41, 5.74) is 1.74. The summed E-state index contributed by atoms with van der Waals surface area (Å²) in [5, 5.41) is 25.1. The molecule has 0 aliphatic carbocycles. The van der Waals surface area contributed by atoms with Gasteiger partial charge in [-0.05, 0) is 54.1 Å². The van der Waals surface area contributed by atoms with Crippen molar-refractivity contribution in [2.24, 2.45) is 0 Å². The Kier molecular flexibility index (Phi) is 9.31. The number of aromatic amines is 1. The number of piperidine rings is 1. The Morgan fingerprint density at radius 3 is 2.68 bits per heavy atom. The highest BCUT2D eigenvalue weighted by atomic mass is 32.1. The summed E-state index contributed by atoms with van der Waals surface area (Å²) >= 11 is 2.55. The monoisotopic (exact) mass is 674 g/mol. The van der Waals surface area contributed by atoms with E-state index in [9.17, 15) is 19.8 Å². The second kappa shape index (κ2) is 13.8. The molecule has 7 rings (SSSR count). The fraction of sp³-hybridized carbons (Fsp3) is 0.371. The molecule has 0 saturated carbocycles. The zero-order valence-corrected chi connectivity index (χ0v) is 27.6. The molecule has 4 heterocycles. The number of morpholine rings is 1. The number of hydrogen-bond donors (Lipinski definition) is 4. The van der Waals surface area contributed by atoms with Crippen LogP contribution in [-0.4, -0.2) is 89.0 Å². The predicted octanol–water partition coefficient (Wildman–Crippen LogP) is 4.72. The van der Waals surface area contributed by atoms with Crippen molar-refractivity contribution < 1.29 is 24.5 Å². The van der Waals surface area contributed by atoms with Crippen molar-refractivity contribution in [1.82, 2.24) is 20.1 Å². The third kappa shape index (κ3) is 7.08. The van der Waals surface area contributed by atoms with E-state index in [4.69, 9.17) is 9.47 Å². The van der Waals surface area contributed by atoms with Gasteiger partial charge >= 0.3 is 4.87 Å². The minimum absolute atomic E-state index is 0.00664. The quantitative estimate of drug-likeness (QED) is 0.168. The second-order valence-corrected chi connectivity index (χ2v) is 14.3. The summed E-state index contributed by atoms with van der Waals surface area (Å²) < 4.78 is 14.1. The molecule has 12 heteroatoms. The Labute approximate surface area is 280 Å². The van der Waals surface area contributed by atoms with E-state index < -0.39 is 6.10 Å². The summed E-state index contributed by atoms with van der Waals surface area (Å²) in [6.07, 6.45) is 0.959. The molecule has 246 valence electrons. The maximum atomic E-state index is 13.4. The van der Waals surface area contributed by atoms with Crippen LogP contribution in [0.4, 0.5) is 0 Å². The van der Waals surface area contributed by atoms with Crippen LogP contribution in [0.5, 0.6) is 11.5 Å². The number of thiazole rings is 1. The first-order chi connectivity index (χ1) is 22.9. The molecule has 47 heavy (non-hydrogen) atoms. The number of likely N-dealkylation sites (tertiary alicyclic amines) is 1. The van der Waals surface area contributed by atoms with E-state index >= 15 is 0 Å². The smallest absolute Gasteiger partial charge is 0.305 e. The van der Waals surface area contributed by atoms with Gasteiger partial charge in [0.25, 0.3) is 5.91 Å². The first-order valence-corrected chi connectivity index (χ1v) is 17.6. The normalized spacial score (nSPS) is 17.4. The summed E-state index contributed by atoms with van der Waals surface area (Å²) in [6.45, 7) is 5.92. The number of aromatic nitrogens is 1. The van der Waals surface area contributed by atoms with Crippen LogP contribution in [-0.2, 0) is 11.3 Å². The Morgan fingerprint density at radius 1 is 1.06 bits per heavy atom. The van der Waals surface area contributed by atoms with Gasteiger partial charge in [-0.25, -0.2) is 0 Å². The van der Waals surface area contributed by atoms with E-state index in [1.165, 1.54) is 6.07 Å². The molecular formula is C35H38N4O6S2. The lowest BCUT2D eigenvalue weighted by Crippen LogP contribution is -2.58. The number of aliphatic hydroxyl groups is 1. The van der Waals surface area contributed by atoms with Gasteiger partial charge in [-0.1, -0.05) is 47.7 Å². The number of aliphatic hydroxyl groups excluding tert-OH is 1. The zero-order valence-electron chi connectivity index (χ0n) is 25.9. The Balaban J connectivity index is 0.832. The zero-order chi connectivity index (χ0) is 32.4. The summed E-state index contributed by atoms with van der Waals surface area (Å²) in [7, 11) is 0. The van der Waals surface area contributed by atoms with E-state index in [2.05, 4.69) is 27.3 Å². The lowest BCUT2D eigenvalue weighted by Gasteiger charge is -2.47. The molecule has 2 fully saturated rings. The van der Waals surface area contributed by atoms with Crippen LogP contribution in [0, 0.1) is 0 Å². The molecule has 3 aromatic carbocycles. The van der Waals surface area contributed by atoms with Gasteiger partial charge in [0.2, 0.25) is 0 Å². The Bertz CT molecular complexity index is 1880. The largest absolute Gasteiger partial charge is 0.506 e. The molecule has 4 N–H and O–H groups in total. The molecule has 2 saturated heterocycles. The number of thiophene rings is 1. The first kappa shape index (κ1) is 31.8. The number of fused-ring (bicyclic) bond motifs is 2. The van der Waals surface area contributed by atoms with E-state index in [1.807, 2.05) is 47.4 Å². The van der Waals surface area contributed by atoms with Gasteiger partial charge in [-0.3, -0.25) is 14.5 Å². The molecule has 0 radical (unpaired) electrons. The molecule has 0 bridgehead atoms. The number of carbonyl (C=O) groups excluding carboxylic acids is 1. The van der Waals surface area contributed by atoms with Crippen LogP contribution in [0.15, 0.2) is 71.5 Å². The molecule has 2 aliphatic heterocycles. The molecule has 2 aliphatic rings. The maximum Gasteiger partial charge on any atom is 0.305 e. The van der Waals surface area contributed by atoms with Crippen molar-refractivity contribution in [2.45, 2.75) is 31.1 Å². The van der Waals surface area contributed by atoms with Gasteiger partial charge in [0.15, 0.2) is 0 Å². The number of nitrogens with one attached hydrogen (secondary N) is 2. The predicted molar refractivity (Wildman–Crippen MR) is 185 cm³/mol. The highest BCUT2D eigenvalue weighted by Crippen LogP contribution is 2.33. The van der Waals surface area contributed by atoms with Gasteiger partial charge in [0.05, 0.1) is 34.4 Å². The van der Waals surface area contributed by atoms with Crippen LogP contribution >= 0.6 is 22.7 Å². The van der Waals surface area contributed by atoms with Crippen molar-refractivity contribution >= 4 is 48.9 Å². The number of phenols is 1. The van der Waals surface area contributed by atoms with Gasteiger partial charge in [0, 0.05) is 49.5 Å². The van der Waals surface area contributed by atoms with Crippen molar-refractivity contribution in [3.8, 4) is 11.5 Å². The lowest BCUT2D eigenvalue weighted by atomic mass is 9.89. The number of hydrogen-bond acceptors (Lipinski definition) is 10. The molecule has 1 unspecified atom stereocenters. The minimum Gasteiger partial charge on any atom is -0.506 e. The molecule has 1 spiro atoms. The summed E-state index contributed by atoms with van der Waals surface area (Å²) in [6, 6.07) is 21.2. The number of phenolic OH excluding ortho intramolecular Hbond substituents is 1. The highest BCUT2D eigenvalue weighted by Gasteiger charge is 2.41. The maximum absolute atomic E-state index is 13.4. The van der Waals surface area contributed by atoms with E-state index in [0.29, 0.717) is 55.2 Å². The van der Waals surface area contributed by atoms with Gasteiger partial charge in [-0.15, -0.1) is 11.3 Å². The Morgan fingerprint density at radius 2 is 1.87 bits per heavy atom. The van der Waals surface area contributed by atoms with Crippen LogP contribution in [0.3, 0.4) is 0 Å². The SMILES string of the molecule is O=C(c1cc2ccccc2s1)N1CCOC2(CCN(CCOc3ccc(CNCC(O)c4ccc(O)c5[nH]c(=O)sc45)cc3)CC2)C1. The molecule has 5 aromatic rings. The Hall–Kier alpha value is -3.78. The second-order valence-electron chi connectivity index (χ2n) is 12.3. The van der Waals surface area contributed by atoms with Gasteiger partial charge in [-0.2, -0.15) is 0 Å². The van der Waals surface area contributed by atoms with Gasteiger partial charge < -0.3 is 34.9 Å². The number of amides is 1. The first-order valence-electron chi connectivity index (χ1n) is 16.0.